The van der Waals surface area contributed by atoms with Crippen molar-refractivity contribution in [3.8, 4) is 12.3 Å². The first-order valence-corrected chi connectivity index (χ1v) is 8.20. The molecule has 0 aliphatic rings. The van der Waals surface area contributed by atoms with Gasteiger partial charge < -0.3 is 10.2 Å². The van der Waals surface area contributed by atoms with Crippen LogP contribution in [0.4, 0.5) is 5.69 Å². The molecular weight excluding hydrogens is 338 g/mol. The third kappa shape index (κ3) is 5.63. The average molecular weight is 356 g/mol. The van der Waals surface area contributed by atoms with Gasteiger partial charge in [-0.05, 0) is 35.9 Å². The zero-order valence-electron chi connectivity index (χ0n) is 13.6. The van der Waals surface area contributed by atoms with E-state index in [0.717, 1.165) is 11.3 Å². The molecule has 6 heteroatoms. The van der Waals surface area contributed by atoms with E-state index in [1.54, 1.807) is 41.6 Å². The maximum Gasteiger partial charge on any atom is 0.251 e. The number of benzene rings is 1. The fraction of sp³-hybridized carbons (Fsp3) is 0.211. The van der Waals surface area contributed by atoms with Crippen LogP contribution in [-0.2, 0) is 11.3 Å². The number of hydrogen-bond acceptors (Lipinski definition) is 4. The van der Waals surface area contributed by atoms with Crippen LogP contribution in [-0.4, -0.2) is 35.6 Å². The predicted molar refractivity (Wildman–Crippen MR) is 98.6 cm³/mol. The van der Waals surface area contributed by atoms with Gasteiger partial charge in [0.2, 0.25) is 0 Å². The Morgan fingerprint density at radius 3 is 2.60 bits per heavy atom. The van der Waals surface area contributed by atoms with Gasteiger partial charge in [-0.1, -0.05) is 12.0 Å². The molecular formula is C19H18ClN3O2. The van der Waals surface area contributed by atoms with Crippen molar-refractivity contribution < 1.29 is 9.59 Å². The van der Waals surface area contributed by atoms with Gasteiger partial charge in [0, 0.05) is 30.2 Å². The number of carbonyl (C=O) groups is 2. The molecule has 0 bridgehead atoms. The van der Waals surface area contributed by atoms with Crippen LogP contribution >= 0.6 is 11.6 Å². The highest BCUT2D eigenvalue weighted by Crippen LogP contribution is 2.15. The summed E-state index contributed by atoms with van der Waals surface area (Å²) in [7, 11) is 0. The number of nitrogens with zero attached hydrogens (tertiary/aromatic N) is 2. The Hall–Kier alpha value is -2.84. The maximum atomic E-state index is 12.2. The Kier molecular flexibility index (Phi) is 7.00. The zero-order valence-corrected chi connectivity index (χ0v) is 14.4. The molecule has 1 amide bonds. The van der Waals surface area contributed by atoms with Crippen molar-refractivity contribution in [2.45, 2.75) is 6.54 Å². The molecule has 0 unspecified atom stereocenters. The Morgan fingerprint density at radius 2 is 2.00 bits per heavy atom. The van der Waals surface area contributed by atoms with Gasteiger partial charge >= 0.3 is 0 Å². The zero-order chi connectivity index (χ0) is 18.1. The summed E-state index contributed by atoms with van der Waals surface area (Å²) in [5.74, 6) is 2.16. The van der Waals surface area contributed by atoms with E-state index >= 15 is 0 Å². The van der Waals surface area contributed by atoms with Gasteiger partial charge in [-0.2, -0.15) is 0 Å². The standard InChI is InChI=1S/C19H18ClN3O2/c1-2-10-23(14-18(24)11-20)17-7-5-16(6-8-17)19(25)22-13-15-4-3-9-21-12-15/h1,3-9,12H,10-11,13-14H2,(H,22,25). The fourth-order valence-corrected chi connectivity index (χ4v) is 2.30. The number of nitrogens with one attached hydrogen (secondary N) is 1. The van der Waals surface area contributed by atoms with E-state index in [-0.39, 0.29) is 30.7 Å². The van der Waals surface area contributed by atoms with Gasteiger partial charge in [0.05, 0.1) is 19.0 Å². The lowest BCUT2D eigenvalue weighted by molar-refractivity contribution is -0.115. The summed E-state index contributed by atoms with van der Waals surface area (Å²) in [5.41, 5.74) is 2.21. The molecule has 2 rings (SSSR count). The molecule has 0 fully saturated rings. The highest BCUT2D eigenvalue weighted by molar-refractivity contribution is 6.28. The molecule has 0 aliphatic carbocycles. The summed E-state index contributed by atoms with van der Waals surface area (Å²) < 4.78 is 0. The number of Topliss-reactive ketones (excluding diaryl/α,β-unsaturated/α-hetero) is 1. The number of anilines is 1. The summed E-state index contributed by atoms with van der Waals surface area (Å²) >= 11 is 5.55. The van der Waals surface area contributed by atoms with Crippen LogP contribution in [0.2, 0.25) is 0 Å². The van der Waals surface area contributed by atoms with Crippen LogP contribution in [0.1, 0.15) is 15.9 Å². The molecule has 1 aromatic heterocycles. The van der Waals surface area contributed by atoms with E-state index in [1.165, 1.54) is 0 Å². The Bertz CT molecular complexity index is 754. The smallest absolute Gasteiger partial charge is 0.251 e. The van der Waals surface area contributed by atoms with Crippen molar-refractivity contribution in [1.29, 1.82) is 0 Å². The largest absolute Gasteiger partial charge is 0.353 e. The van der Waals surface area contributed by atoms with Crippen molar-refractivity contribution in [3.63, 3.8) is 0 Å². The monoisotopic (exact) mass is 355 g/mol. The summed E-state index contributed by atoms with van der Waals surface area (Å²) in [4.78, 5) is 29.5. The van der Waals surface area contributed by atoms with Crippen molar-refractivity contribution >= 4 is 29.0 Å². The number of halogens is 1. The third-order valence-corrected chi connectivity index (χ3v) is 3.77. The first-order chi connectivity index (χ1) is 12.1. The number of aromatic nitrogens is 1. The second-order valence-corrected chi connectivity index (χ2v) is 5.59. The second kappa shape index (κ2) is 9.45. The number of carbonyl (C=O) groups excluding carboxylic acids is 2. The van der Waals surface area contributed by atoms with Crippen LogP contribution in [0.15, 0.2) is 48.8 Å². The minimum Gasteiger partial charge on any atom is -0.353 e. The molecule has 128 valence electrons. The molecule has 0 radical (unpaired) electrons. The lowest BCUT2D eigenvalue weighted by Gasteiger charge is -2.21. The minimum absolute atomic E-state index is 0.0596. The van der Waals surface area contributed by atoms with Crippen LogP contribution in [0.25, 0.3) is 0 Å². The predicted octanol–water partition coefficient (Wildman–Crippen LogP) is 2.26. The third-order valence-electron chi connectivity index (χ3n) is 3.47. The number of alkyl halides is 1. The van der Waals surface area contributed by atoms with Crippen molar-refractivity contribution in [3.05, 3.63) is 59.9 Å². The van der Waals surface area contributed by atoms with Gasteiger partial charge in [-0.3, -0.25) is 14.6 Å². The topological polar surface area (TPSA) is 62.3 Å². The van der Waals surface area contributed by atoms with Gasteiger partial charge in [-0.25, -0.2) is 0 Å². The van der Waals surface area contributed by atoms with Gasteiger partial charge in [0.15, 0.2) is 5.78 Å². The summed E-state index contributed by atoms with van der Waals surface area (Å²) in [6.45, 7) is 0.831. The van der Waals surface area contributed by atoms with E-state index in [0.29, 0.717) is 12.1 Å². The molecule has 0 saturated heterocycles. The summed E-state index contributed by atoms with van der Waals surface area (Å²) in [5, 5.41) is 2.83. The first kappa shape index (κ1) is 18.5. The van der Waals surface area contributed by atoms with Crippen molar-refractivity contribution in [2.75, 3.05) is 23.9 Å². The number of hydrogen-bond donors (Lipinski definition) is 1. The lowest BCUT2D eigenvalue weighted by Crippen LogP contribution is -2.31. The Labute approximate surface area is 152 Å². The molecule has 1 N–H and O–H groups in total. The van der Waals surface area contributed by atoms with E-state index < -0.39 is 0 Å². The lowest BCUT2D eigenvalue weighted by atomic mass is 10.1. The quantitative estimate of drug-likeness (QED) is 0.583. The fourth-order valence-electron chi connectivity index (χ4n) is 2.21. The van der Waals surface area contributed by atoms with E-state index in [1.807, 2.05) is 12.1 Å². The number of terminal acetylenes is 1. The normalized spacial score (nSPS) is 9.92. The van der Waals surface area contributed by atoms with Gasteiger partial charge in [0.25, 0.3) is 5.91 Å². The maximum absolute atomic E-state index is 12.2. The SMILES string of the molecule is C#CCN(CC(=O)CCl)c1ccc(C(=O)NCc2cccnc2)cc1. The number of amides is 1. The van der Waals surface area contributed by atoms with E-state index in [2.05, 4.69) is 16.2 Å². The summed E-state index contributed by atoms with van der Waals surface area (Å²) in [6, 6.07) is 10.6. The average Bonchev–Trinajstić information content (AvgIpc) is 2.66. The van der Waals surface area contributed by atoms with Crippen molar-refractivity contribution in [2.24, 2.45) is 0 Å². The van der Waals surface area contributed by atoms with Gasteiger partial charge in [-0.15, -0.1) is 18.0 Å². The molecule has 0 aliphatic heterocycles. The molecule has 25 heavy (non-hydrogen) atoms. The number of rotatable bonds is 8. The van der Waals surface area contributed by atoms with Crippen LogP contribution in [0.5, 0.6) is 0 Å². The van der Waals surface area contributed by atoms with E-state index in [4.69, 9.17) is 18.0 Å². The minimum atomic E-state index is -0.185. The van der Waals surface area contributed by atoms with Crippen LogP contribution in [0.3, 0.4) is 0 Å². The Balaban J connectivity index is 2.01. The number of ketones is 1. The number of pyridine rings is 1. The van der Waals surface area contributed by atoms with Crippen molar-refractivity contribution in [1.82, 2.24) is 10.3 Å². The highest BCUT2D eigenvalue weighted by Gasteiger charge is 2.11. The van der Waals surface area contributed by atoms with Gasteiger partial charge in [0.1, 0.15) is 0 Å². The summed E-state index contributed by atoms with van der Waals surface area (Å²) in [6.07, 6.45) is 8.74. The molecule has 0 saturated carbocycles. The molecule has 1 heterocycles. The molecule has 0 atom stereocenters. The molecule has 0 spiro atoms. The molecule has 2 aromatic rings. The molecule has 1 aromatic carbocycles. The van der Waals surface area contributed by atoms with Crippen LogP contribution < -0.4 is 10.2 Å². The van der Waals surface area contributed by atoms with E-state index in [9.17, 15) is 9.59 Å². The Morgan fingerprint density at radius 1 is 1.24 bits per heavy atom. The second-order valence-electron chi connectivity index (χ2n) is 5.32. The first-order valence-electron chi connectivity index (χ1n) is 7.67. The van der Waals surface area contributed by atoms with Crippen LogP contribution in [0, 0.1) is 12.3 Å². The molecule has 5 nitrogen and oxygen atoms in total. The highest BCUT2D eigenvalue weighted by atomic mass is 35.5.